The number of benzene rings is 1. The Morgan fingerprint density at radius 1 is 1.08 bits per heavy atom. The van der Waals surface area contributed by atoms with E-state index in [0.717, 1.165) is 67.0 Å². The summed E-state index contributed by atoms with van der Waals surface area (Å²) in [7, 11) is 3.33. The smallest absolute Gasteiger partial charge is 0.170 e. The van der Waals surface area contributed by atoms with Crippen LogP contribution in [0.15, 0.2) is 23.6 Å². The second-order valence-corrected chi connectivity index (χ2v) is 6.75. The molecule has 2 heterocycles. The fourth-order valence-corrected chi connectivity index (χ4v) is 3.88. The maximum Gasteiger partial charge on any atom is 0.170 e. The monoisotopic (exact) mass is 347 g/mol. The van der Waals surface area contributed by atoms with Gasteiger partial charge in [0.15, 0.2) is 11.5 Å². The van der Waals surface area contributed by atoms with E-state index in [2.05, 4.69) is 22.1 Å². The zero-order valence-electron chi connectivity index (χ0n) is 14.6. The molecule has 0 unspecified atom stereocenters. The molecule has 1 aromatic heterocycles. The van der Waals surface area contributed by atoms with Crippen molar-refractivity contribution in [2.75, 3.05) is 46.9 Å². The number of para-hydroxylation sites is 1. The van der Waals surface area contributed by atoms with Crippen LogP contribution in [0.3, 0.4) is 0 Å². The number of nitrogens with zero attached hydrogens (tertiary/aromatic N) is 3. The molecule has 1 saturated heterocycles. The Hall–Kier alpha value is -1.63. The third kappa shape index (κ3) is 3.71. The van der Waals surface area contributed by atoms with E-state index in [4.69, 9.17) is 14.5 Å². The van der Waals surface area contributed by atoms with E-state index >= 15 is 0 Å². The highest BCUT2D eigenvalue weighted by molar-refractivity contribution is 7.13. The summed E-state index contributed by atoms with van der Waals surface area (Å²) >= 11 is 1.66. The molecule has 0 spiro atoms. The van der Waals surface area contributed by atoms with Crippen LogP contribution in [0.25, 0.3) is 10.6 Å². The van der Waals surface area contributed by atoms with Crippen LogP contribution >= 0.6 is 11.3 Å². The van der Waals surface area contributed by atoms with Crippen LogP contribution in [0.4, 0.5) is 0 Å². The Labute approximate surface area is 147 Å². The van der Waals surface area contributed by atoms with Gasteiger partial charge in [-0.15, -0.1) is 11.3 Å². The minimum atomic E-state index is 0.738. The first kappa shape index (κ1) is 17.2. The van der Waals surface area contributed by atoms with Crippen LogP contribution in [-0.4, -0.2) is 61.7 Å². The maximum absolute atomic E-state index is 5.53. The van der Waals surface area contributed by atoms with Crippen molar-refractivity contribution < 1.29 is 9.47 Å². The summed E-state index contributed by atoms with van der Waals surface area (Å²) < 4.78 is 10.9. The van der Waals surface area contributed by atoms with Gasteiger partial charge in [0.05, 0.1) is 25.5 Å². The molecule has 1 aliphatic rings. The zero-order valence-corrected chi connectivity index (χ0v) is 15.4. The SMILES string of the molecule is CCN1CCN(Cc2csc(-c3cccc(OC)c3OC)n2)CC1. The summed E-state index contributed by atoms with van der Waals surface area (Å²) in [5, 5.41) is 3.13. The average molecular weight is 347 g/mol. The normalized spacial score (nSPS) is 16.3. The van der Waals surface area contributed by atoms with Gasteiger partial charge in [-0.05, 0) is 18.7 Å². The van der Waals surface area contributed by atoms with Gasteiger partial charge in [-0.25, -0.2) is 4.98 Å². The van der Waals surface area contributed by atoms with Gasteiger partial charge in [0, 0.05) is 38.1 Å². The van der Waals surface area contributed by atoms with Crippen LogP contribution in [0.1, 0.15) is 12.6 Å². The lowest BCUT2D eigenvalue weighted by Crippen LogP contribution is -2.45. The Kier molecular flexibility index (Phi) is 5.71. The van der Waals surface area contributed by atoms with Crippen LogP contribution in [0.5, 0.6) is 11.5 Å². The summed E-state index contributed by atoms with van der Waals surface area (Å²) in [5.41, 5.74) is 2.12. The van der Waals surface area contributed by atoms with Gasteiger partial charge in [-0.1, -0.05) is 13.0 Å². The largest absolute Gasteiger partial charge is 0.493 e. The average Bonchev–Trinajstić information content (AvgIpc) is 3.09. The van der Waals surface area contributed by atoms with E-state index in [9.17, 15) is 0 Å². The van der Waals surface area contributed by atoms with E-state index in [1.165, 1.54) is 0 Å². The summed E-state index contributed by atoms with van der Waals surface area (Å²) in [6.07, 6.45) is 0. The molecule has 3 rings (SSSR count). The highest BCUT2D eigenvalue weighted by Crippen LogP contribution is 2.39. The predicted molar refractivity (Wildman–Crippen MR) is 98.0 cm³/mol. The third-order valence-electron chi connectivity index (χ3n) is 4.48. The lowest BCUT2D eigenvalue weighted by Gasteiger charge is -2.33. The maximum atomic E-state index is 5.53. The zero-order chi connectivity index (χ0) is 16.9. The molecular formula is C18H25N3O2S. The molecule has 24 heavy (non-hydrogen) atoms. The van der Waals surface area contributed by atoms with Crippen molar-refractivity contribution in [3.8, 4) is 22.1 Å². The highest BCUT2D eigenvalue weighted by Gasteiger charge is 2.18. The lowest BCUT2D eigenvalue weighted by molar-refractivity contribution is 0.131. The van der Waals surface area contributed by atoms with E-state index in [-0.39, 0.29) is 0 Å². The molecule has 0 aliphatic carbocycles. The first-order valence-corrected chi connectivity index (χ1v) is 9.23. The summed E-state index contributed by atoms with van der Waals surface area (Å²) in [6, 6.07) is 5.91. The van der Waals surface area contributed by atoms with E-state index in [1.54, 1.807) is 25.6 Å². The minimum absolute atomic E-state index is 0.738. The molecule has 0 N–H and O–H groups in total. The molecule has 0 saturated carbocycles. The fraction of sp³-hybridized carbons (Fsp3) is 0.500. The summed E-state index contributed by atoms with van der Waals surface area (Å²) in [4.78, 5) is 9.80. The van der Waals surface area contributed by atoms with Crippen molar-refractivity contribution in [2.24, 2.45) is 0 Å². The van der Waals surface area contributed by atoms with Gasteiger partial charge in [0.2, 0.25) is 0 Å². The number of aromatic nitrogens is 1. The van der Waals surface area contributed by atoms with Crippen LogP contribution < -0.4 is 9.47 Å². The molecule has 1 fully saturated rings. The molecule has 1 aliphatic heterocycles. The number of thiazole rings is 1. The Morgan fingerprint density at radius 2 is 1.83 bits per heavy atom. The summed E-state index contributed by atoms with van der Waals surface area (Å²) in [6.45, 7) is 8.81. The second kappa shape index (κ2) is 7.96. The van der Waals surface area contributed by atoms with Gasteiger partial charge >= 0.3 is 0 Å². The van der Waals surface area contributed by atoms with E-state index < -0.39 is 0 Å². The molecular weight excluding hydrogens is 322 g/mol. The molecule has 5 nitrogen and oxygen atoms in total. The number of piperazine rings is 1. The van der Waals surface area contributed by atoms with Gasteiger partial charge < -0.3 is 14.4 Å². The molecule has 0 atom stereocenters. The lowest BCUT2D eigenvalue weighted by atomic mass is 10.2. The first-order chi connectivity index (χ1) is 11.7. The third-order valence-corrected chi connectivity index (χ3v) is 5.41. The number of hydrogen-bond donors (Lipinski definition) is 0. The van der Waals surface area contributed by atoms with Crippen molar-refractivity contribution in [2.45, 2.75) is 13.5 Å². The second-order valence-electron chi connectivity index (χ2n) is 5.90. The number of ether oxygens (including phenoxy) is 2. The number of hydrogen-bond acceptors (Lipinski definition) is 6. The number of rotatable bonds is 6. The fourth-order valence-electron chi connectivity index (χ4n) is 3.05. The molecule has 130 valence electrons. The van der Waals surface area contributed by atoms with Gasteiger partial charge in [-0.3, -0.25) is 4.90 Å². The molecule has 2 aromatic rings. The minimum Gasteiger partial charge on any atom is -0.493 e. The standard InChI is InChI=1S/C18H25N3O2S/c1-4-20-8-10-21(11-9-20)12-14-13-24-18(19-14)15-6-5-7-16(22-2)17(15)23-3/h5-7,13H,4,8-12H2,1-3H3. The van der Waals surface area contributed by atoms with Crippen molar-refractivity contribution >= 4 is 11.3 Å². The van der Waals surface area contributed by atoms with E-state index in [1.807, 2.05) is 18.2 Å². The Bertz CT molecular complexity index is 666. The van der Waals surface area contributed by atoms with Crippen molar-refractivity contribution in [1.82, 2.24) is 14.8 Å². The van der Waals surface area contributed by atoms with Crippen molar-refractivity contribution in [1.29, 1.82) is 0 Å². The van der Waals surface area contributed by atoms with Crippen molar-refractivity contribution in [3.63, 3.8) is 0 Å². The molecule has 0 amide bonds. The summed E-state index contributed by atoms with van der Waals surface area (Å²) in [5.74, 6) is 1.49. The van der Waals surface area contributed by atoms with Crippen LogP contribution in [0.2, 0.25) is 0 Å². The highest BCUT2D eigenvalue weighted by atomic mass is 32.1. The molecule has 0 bridgehead atoms. The van der Waals surface area contributed by atoms with E-state index in [0.29, 0.717) is 0 Å². The Balaban J connectivity index is 1.72. The number of methoxy groups -OCH3 is 2. The predicted octanol–water partition coefficient (Wildman–Crippen LogP) is 2.96. The van der Waals surface area contributed by atoms with Gasteiger partial charge in [0.1, 0.15) is 5.01 Å². The first-order valence-electron chi connectivity index (χ1n) is 8.35. The van der Waals surface area contributed by atoms with Gasteiger partial charge in [-0.2, -0.15) is 0 Å². The number of likely N-dealkylation sites (N-methyl/N-ethyl adjacent to an activating group) is 1. The van der Waals surface area contributed by atoms with Crippen LogP contribution in [0, 0.1) is 0 Å². The van der Waals surface area contributed by atoms with Crippen molar-refractivity contribution in [3.05, 3.63) is 29.3 Å². The quantitative estimate of drug-likeness (QED) is 0.803. The van der Waals surface area contributed by atoms with Crippen LogP contribution in [-0.2, 0) is 6.54 Å². The van der Waals surface area contributed by atoms with Gasteiger partial charge in [0.25, 0.3) is 0 Å². The molecule has 0 radical (unpaired) electrons. The molecule has 1 aromatic carbocycles. The Morgan fingerprint density at radius 3 is 2.50 bits per heavy atom. The topological polar surface area (TPSA) is 37.8 Å². The molecule has 6 heteroatoms.